The number of nitrogens with one attached hydrogen (secondary N) is 1. The quantitative estimate of drug-likeness (QED) is 0.571. The van der Waals surface area contributed by atoms with Gasteiger partial charge in [0.15, 0.2) is 0 Å². The lowest BCUT2D eigenvalue weighted by atomic mass is 10.0. The van der Waals surface area contributed by atoms with Gasteiger partial charge in [-0.25, -0.2) is 5.43 Å². The fourth-order valence-electron chi connectivity index (χ4n) is 2.60. The third kappa shape index (κ3) is 3.66. The van der Waals surface area contributed by atoms with E-state index in [1.807, 2.05) is 67.6 Å². The average Bonchev–Trinajstić information content (AvgIpc) is 3.04. The van der Waals surface area contributed by atoms with Gasteiger partial charge in [-0.3, -0.25) is 4.79 Å². The molecule has 3 rings (SSSR count). The fraction of sp³-hybridized carbons (Fsp3) is 0.150. The molecule has 126 valence electrons. The molecular formula is C20H19N3O2. The molecule has 3 aromatic rings. The molecule has 0 aliphatic rings. The summed E-state index contributed by atoms with van der Waals surface area (Å²) in [4.78, 5) is 12.6. The number of aromatic nitrogens is 1. The van der Waals surface area contributed by atoms with E-state index in [-0.39, 0.29) is 5.91 Å². The molecule has 1 heterocycles. The topological polar surface area (TPSA) is 67.5 Å². The van der Waals surface area contributed by atoms with Crippen molar-refractivity contribution in [2.45, 2.75) is 20.3 Å². The molecule has 5 heteroatoms. The molecule has 25 heavy (non-hydrogen) atoms. The number of carbonyl (C=O) groups is 1. The molecule has 0 radical (unpaired) electrons. The van der Waals surface area contributed by atoms with Crippen molar-refractivity contribution in [3.63, 3.8) is 0 Å². The predicted molar refractivity (Wildman–Crippen MR) is 96.6 cm³/mol. The minimum atomic E-state index is -0.319. The van der Waals surface area contributed by atoms with Crippen LogP contribution in [0.25, 0.3) is 0 Å². The molecule has 5 nitrogen and oxygen atoms in total. The Bertz CT molecular complexity index is 842. The minimum absolute atomic E-state index is 0.319. The minimum Gasteiger partial charge on any atom is -0.361 e. The summed E-state index contributed by atoms with van der Waals surface area (Å²) in [6.45, 7) is 3.65. The van der Waals surface area contributed by atoms with Crippen molar-refractivity contribution in [1.82, 2.24) is 10.6 Å². The summed E-state index contributed by atoms with van der Waals surface area (Å²) in [6.07, 6.45) is 0.619. The first-order valence-electron chi connectivity index (χ1n) is 8.14. The van der Waals surface area contributed by atoms with Crippen molar-refractivity contribution in [2.24, 2.45) is 5.10 Å². The maximum atomic E-state index is 12.6. The maximum absolute atomic E-state index is 12.6. The van der Waals surface area contributed by atoms with Crippen LogP contribution in [0.2, 0.25) is 0 Å². The smallest absolute Gasteiger partial charge is 0.276 e. The normalized spacial score (nSPS) is 10.3. The summed E-state index contributed by atoms with van der Waals surface area (Å²) in [5.74, 6) is 0.172. The Hall–Kier alpha value is -3.21. The Morgan fingerprint density at radius 2 is 1.60 bits per heavy atom. The monoisotopic (exact) mass is 333 g/mol. The van der Waals surface area contributed by atoms with Gasteiger partial charge in [0.05, 0.1) is 11.4 Å². The molecule has 0 fully saturated rings. The zero-order valence-corrected chi connectivity index (χ0v) is 14.2. The zero-order valence-electron chi connectivity index (χ0n) is 14.2. The molecule has 1 amide bonds. The van der Waals surface area contributed by atoms with Crippen LogP contribution in [-0.4, -0.2) is 16.8 Å². The van der Waals surface area contributed by atoms with E-state index in [4.69, 9.17) is 4.52 Å². The molecule has 0 unspecified atom stereocenters. The largest absolute Gasteiger partial charge is 0.361 e. The van der Waals surface area contributed by atoms with Crippen LogP contribution in [0.15, 0.2) is 70.3 Å². The highest BCUT2D eigenvalue weighted by atomic mass is 16.5. The molecule has 1 N–H and O–H groups in total. The van der Waals surface area contributed by atoms with Crippen LogP contribution in [0.4, 0.5) is 0 Å². The Morgan fingerprint density at radius 3 is 2.12 bits per heavy atom. The van der Waals surface area contributed by atoms with Gasteiger partial charge in [-0.15, -0.1) is 0 Å². The van der Waals surface area contributed by atoms with Crippen LogP contribution in [0.1, 0.15) is 39.9 Å². The lowest BCUT2D eigenvalue weighted by Crippen LogP contribution is -2.22. The second-order valence-corrected chi connectivity index (χ2v) is 5.55. The zero-order chi connectivity index (χ0) is 17.6. The average molecular weight is 333 g/mol. The number of benzene rings is 2. The molecule has 0 atom stereocenters. The van der Waals surface area contributed by atoms with Gasteiger partial charge in [0, 0.05) is 11.1 Å². The van der Waals surface area contributed by atoms with Gasteiger partial charge in [0.1, 0.15) is 11.3 Å². The first-order valence-corrected chi connectivity index (χ1v) is 8.14. The molecule has 0 saturated carbocycles. The standard InChI is InChI=1S/C20H19N3O2/c1-3-17-18(14(2)25-23-17)20(24)22-21-19(15-10-6-4-7-11-15)16-12-8-5-9-13-16/h4-13H,3H2,1-2H3,(H,22,24). The van der Waals surface area contributed by atoms with E-state index in [0.29, 0.717) is 29.2 Å². The predicted octanol–water partition coefficient (Wildman–Crippen LogP) is 3.73. The van der Waals surface area contributed by atoms with E-state index in [9.17, 15) is 4.79 Å². The van der Waals surface area contributed by atoms with Crippen molar-refractivity contribution >= 4 is 11.6 Å². The molecular weight excluding hydrogens is 314 g/mol. The summed E-state index contributed by atoms with van der Waals surface area (Å²) in [6, 6.07) is 19.5. The Morgan fingerprint density at radius 1 is 1.04 bits per heavy atom. The van der Waals surface area contributed by atoms with Crippen molar-refractivity contribution in [1.29, 1.82) is 0 Å². The van der Waals surface area contributed by atoms with Crippen LogP contribution in [0, 0.1) is 6.92 Å². The highest BCUT2D eigenvalue weighted by Crippen LogP contribution is 2.14. The number of hydrogen-bond acceptors (Lipinski definition) is 4. The van der Waals surface area contributed by atoms with Crippen LogP contribution >= 0.6 is 0 Å². The van der Waals surface area contributed by atoms with E-state index in [1.165, 1.54) is 0 Å². The summed E-state index contributed by atoms with van der Waals surface area (Å²) < 4.78 is 5.12. The lowest BCUT2D eigenvalue weighted by molar-refractivity contribution is 0.0952. The molecule has 2 aromatic carbocycles. The molecule has 0 bridgehead atoms. The Balaban J connectivity index is 1.94. The molecule has 0 saturated heterocycles. The lowest BCUT2D eigenvalue weighted by Gasteiger charge is -2.08. The number of nitrogens with zero attached hydrogens (tertiary/aromatic N) is 2. The van der Waals surface area contributed by atoms with Gasteiger partial charge >= 0.3 is 0 Å². The third-order valence-corrected chi connectivity index (χ3v) is 3.86. The summed E-state index contributed by atoms with van der Waals surface area (Å²) in [7, 11) is 0. The fourth-order valence-corrected chi connectivity index (χ4v) is 2.60. The third-order valence-electron chi connectivity index (χ3n) is 3.86. The van der Waals surface area contributed by atoms with E-state index >= 15 is 0 Å². The van der Waals surface area contributed by atoms with E-state index in [2.05, 4.69) is 15.7 Å². The highest BCUT2D eigenvalue weighted by Gasteiger charge is 2.19. The van der Waals surface area contributed by atoms with Crippen LogP contribution in [0.5, 0.6) is 0 Å². The van der Waals surface area contributed by atoms with E-state index in [1.54, 1.807) is 6.92 Å². The first-order chi connectivity index (χ1) is 12.2. The number of hydrazone groups is 1. The van der Waals surface area contributed by atoms with Gasteiger partial charge in [0.25, 0.3) is 5.91 Å². The second kappa shape index (κ2) is 7.57. The van der Waals surface area contributed by atoms with E-state index in [0.717, 1.165) is 11.1 Å². The first kappa shape index (κ1) is 16.6. The summed E-state index contributed by atoms with van der Waals surface area (Å²) in [5.41, 5.74) is 6.27. The number of rotatable bonds is 5. The van der Waals surface area contributed by atoms with Crippen molar-refractivity contribution in [2.75, 3.05) is 0 Å². The van der Waals surface area contributed by atoms with Crippen LogP contribution < -0.4 is 5.43 Å². The summed E-state index contributed by atoms with van der Waals surface area (Å²) in [5, 5.41) is 8.30. The van der Waals surface area contributed by atoms with Gasteiger partial charge < -0.3 is 4.52 Å². The van der Waals surface area contributed by atoms with Gasteiger partial charge in [-0.2, -0.15) is 5.10 Å². The summed E-state index contributed by atoms with van der Waals surface area (Å²) >= 11 is 0. The number of aryl methyl sites for hydroxylation is 2. The molecule has 0 aliphatic carbocycles. The van der Waals surface area contributed by atoms with Crippen LogP contribution in [0.3, 0.4) is 0 Å². The SMILES string of the molecule is CCc1noc(C)c1C(=O)NN=C(c1ccccc1)c1ccccc1. The highest BCUT2D eigenvalue weighted by molar-refractivity contribution is 6.13. The van der Waals surface area contributed by atoms with Crippen molar-refractivity contribution in [3.05, 3.63) is 88.8 Å². The Kier molecular flexibility index (Phi) is 5.04. The number of hydrogen-bond donors (Lipinski definition) is 1. The van der Waals surface area contributed by atoms with Crippen LogP contribution in [-0.2, 0) is 6.42 Å². The van der Waals surface area contributed by atoms with E-state index < -0.39 is 0 Å². The van der Waals surface area contributed by atoms with Crippen molar-refractivity contribution < 1.29 is 9.32 Å². The number of amides is 1. The molecule has 0 spiro atoms. The van der Waals surface area contributed by atoms with Crippen molar-refractivity contribution in [3.8, 4) is 0 Å². The molecule has 0 aliphatic heterocycles. The number of carbonyl (C=O) groups excluding carboxylic acids is 1. The van der Waals surface area contributed by atoms with Gasteiger partial charge in [0.2, 0.25) is 0 Å². The molecule has 1 aromatic heterocycles. The Labute approximate surface area is 146 Å². The van der Waals surface area contributed by atoms with Gasteiger partial charge in [-0.1, -0.05) is 72.7 Å². The maximum Gasteiger partial charge on any atom is 0.276 e. The van der Waals surface area contributed by atoms with Gasteiger partial charge in [-0.05, 0) is 13.3 Å². The second-order valence-electron chi connectivity index (χ2n) is 5.55.